The summed E-state index contributed by atoms with van der Waals surface area (Å²) < 4.78 is 89.2. The molecule has 6 N–H and O–H groups in total. The van der Waals surface area contributed by atoms with Crippen molar-refractivity contribution in [2.45, 2.75) is 21.6 Å². The fourth-order valence-electron chi connectivity index (χ4n) is 2.98. The van der Waals surface area contributed by atoms with Crippen LogP contribution in [0.4, 0.5) is 17.1 Å². The molecule has 0 aliphatic heterocycles. The summed E-state index contributed by atoms with van der Waals surface area (Å²) in [5.74, 6) is -1.58. The van der Waals surface area contributed by atoms with Gasteiger partial charge in [-0.25, -0.2) is 13.6 Å². The van der Waals surface area contributed by atoms with E-state index in [4.69, 9.17) is 5.14 Å². The molecule has 0 spiro atoms. The maximum absolute atomic E-state index is 11.9. The molecule has 0 unspecified atom stereocenters. The molecule has 3 rings (SSSR count). The number of fused-ring (bicyclic) bond motifs is 1. The van der Waals surface area contributed by atoms with Gasteiger partial charge in [-0.15, -0.1) is 5.11 Å². The minimum atomic E-state index is -5.05. The Kier molecular flexibility index (Phi) is 11.0. The molecule has 37 heavy (non-hydrogen) atoms. The SMILES string of the molecule is CC(=O)Nc1cc2c(O)c(N=Nc3ccc(S(N)(=O)=O)cc3)c(S(=O)(=O)O)cc2cc1S(=O)(=O)O.[Na].[Na]. The van der Waals surface area contributed by atoms with E-state index < -0.39 is 63.1 Å². The van der Waals surface area contributed by atoms with Crippen LogP contribution in [0.3, 0.4) is 0 Å². The number of nitrogens with zero attached hydrogens (tertiary/aromatic N) is 2. The van der Waals surface area contributed by atoms with Crippen LogP contribution in [0.5, 0.6) is 5.75 Å². The quantitative estimate of drug-likeness (QED) is 0.156. The van der Waals surface area contributed by atoms with Gasteiger partial charge in [-0.2, -0.15) is 21.9 Å². The Bertz CT molecular complexity index is 1730. The summed E-state index contributed by atoms with van der Waals surface area (Å²) in [6.45, 7) is 1.06. The summed E-state index contributed by atoms with van der Waals surface area (Å²) in [5.41, 5.74) is -1.16. The second kappa shape index (κ2) is 12.1. The van der Waals surface area contributed by atoms with Gasteiger partial charge in [0.2, 0.25) is 15.9 Å². The van der Waals surface area contributed by atoms with Crippen molar-refractivity contribution in [3.8, 4) is 5.75 Å². The normalized spacial score (nSPS) is 12.1. The van der Waals surface area contributed by atoms with Crippen molar-refractivity contribution in [2.75, 3.05) is 5.32 Å². The minimum Gasteiger partial charge on any atom is -0.505 e. The number of hydrogen-bond donors (Lipinski definition) is 5. The van der Waals surface area contributed by atoms with Crippen LogP contribution in [0.2, 0.25) is 0 Å². The average molecular weight is 591 g/mol. The van der Waals surface area contributed by atoms with E-state index >= 15 is 0 Å². The first-order chi connectivity index (χ1) is 16.0. The van der Waals surface area contributed by atoms with Gasteiger partial charge in [-0.05, 0) is 47.9 Å². The van der Waals surface area contributed by atoms with Crippen molar-refractivity contribution in [3.05, 3.63) is 42.5 Å². The van der Waals surface area contributed by atoms with E-state index in [1.807, 2.05) is 0 Å². The number of carbonyl (C=O) groups excluding carboxylic acids is 1. The van der Waals surface area contributed by atoms with Gasteiger partial charge in [0.15, 0.2) is 5.75 Å². The molecule has 0 saturated carbocycles. The molecule has 0 bridgehead atoms. The summed E-state index contributed by atoms with van der Waals surface area (Å²) in [4.78, 5) is 9.48. The summed E-state index contributed by atoms with van der Waals surface area (Å²) in [6, 6.07) is 7.06. The topological polar surface area (TPSA) is 243 Å². The summed E-state index contributed by atoms with van der Waals surface area (Å²) in [6.07, 6.45) is 0. The van der Waals surface area contributed by atoms with E-state index in [2.05, 4.69) is 15.5 Å². The number of phenolic OH excluding ortho intramolecular Hbond substituents is 1. The number of carbonyl (C=O) groups is 1. The Balaban J connectivity index is 0.00000342. The smallest absolute Gasteiger partial charge is 0.296 e. The van der Waals surface area contributed by atoms with Gasteiger partial charge in [0.05, 0.1) is 16.3 Å². The van der Waals surface area contributed by atoms with Crippen molar-refractivity contribution >= 4 is 123 Å². The van der Waals surface area contributed by atoms with E-state index in [1.165, 1.54) is 12.1 Å². The number of nitrogens with one attached hydrogen (secondary N) is 1. The van der Waals surface area contributed by atoms with Gasteiger partial charge >= 0.3 is 0 Å². The first kappa shape index (κ1) is 33.5. The third-order valence-corrected chi connectivity index (χ3v) is 7.14. The van der Waals surface area contributed by atoms with Crippen LogP contribution in [-0.2, 0) is 35.1 Å². The van der Waals surface area contributed by atoms with Gasteiger partial charge < -0.3 is 10.4 Å². The van der Waals surface area contributed by atoms with E-state index in [9.17, 15) is 44.3 Å². The number of anilines is 1. The third-order valence-electron chi connectivity index (χ3n) is 4.45. The number of phenols is 1. The van der Waals surface area contributed by atoms with E-state index in [0.717, 1.165) is 37.3 Å². The van der Waals surface area contributed by atoms with Gasteiger partial charge in [0.25, 0.3) is 20.2 Å². The molecule has 0 saturated heterocycles. The van der Waals surface area contributed by atoms with Crippen LogP contribution in [0.1, 0.15) is 6.92 Å². The number of rotatable bonds is 6. The monoisotopic (exact) mass is 590 g/mol. The zero-order valence-electron chi connectivity index (χ0n) is 19.4. The molecule has 14 nitrogen and oxygen atoms in total. The summed E-state index contributed by atoms with van der Waals surface area (Å²) in [5, 5.41) is 24.8. The van der Waals surface area contributed by atoms with Crippen molar-refractivity contribution in [1.29, 1.82) is 0 Å². The molecule has 0 fully saturated rings. The van der Waals surface area contributed by atoms with Crippen molar-refractivity contribution < 1.29 is 44.3 Å². The maximum atomic E-state index is 11.9. The van der Waals surface area contributed by atoms with Gasteiger partial charge in [0.1, 0.15) is 15.5 Å². The molecule has 0 heterocycles. The molecule has 0 atom stereocenters. The number of azo groups is 1. The Labute approximate surface area is 255 Å². The number of primary sulfonamides is 1. The summed E-state index contributed by atoms with van der Waals surface area (Å²) in [7, 11) is -13.9. The molecular weight excluding hydrogens is 574 g/mol. The zero-order chi connectivity index (χ0) is 26.3. The Morgan fingerprint density at radius 1 is 0.865 bits per heavy atom. The number of aromatic hydroxyl groups is 1. The molecule has 2 radical (unpaired) electrons. The molecule has 0 aliphatic carbocycles. The minimum absolute atomic E-state index is 0. The average Bonchev–Trinajstić information content (AvgIpc) is 2.70. The zero-order valence-corrected chi connectivity index (χ0v) is 25.9. The van der Waals surface area contributed by atoms with E-state index in [1.54, 1.807) is 0 Å². The number of amides is 1. The Hall–Kier alpha value is -1.48. The predicted octanol–water partition coefficient (Wildman–Crippen LogP) is 1.30. The van der Waals surface area contributed by atoms with E-state index in [-0.39, 0.29) is 80.5 Å². The van der Waals surface area contributed by atoms with Crippen LogP contribution in [0.25, 0.3) is 10.8 Å². The van der Waals surface area contributed by atoms with Crippen molar-refractivity contribution in [2.24, 2.45) is 15.4 Å². The molecule has 3 aromatic rings. The first-order valence-electron chi connectivity index (χ1n) is 9.09. The number of hydrogen-bond acceptors (Lipinski definition) is 10. The fourth-order valence-corrected chi connectivity index (χ4v) is 4.82. The molecular formula is C18H16N4Na2O10S3. The number of benzene rings is 3. The molecule has 19 heteroatoms. The molecule has 3 aromatic carbocycles. The Morgan fingerprint density at radius 3 is 1.84 bits per heavy atom. The van der Waals surface area contributed by atoms with Crippen molar-refractivity contribution in [1.82, 2.24) is 0 Å². The van der Waals surface area contributed by atoms with Crippen LogP contribution >= 0.6 is 0 Å². The van der Waals surface area contributed by atoms with Crippen LogP contribution < -0.4 is 10.5 Å². The molecule has 0 aromatic heterocycles. The predicted molar refractivity (Wildman–Crippen MR) is 133 cm³/mol. The fraction of sp³-hybridized carbons (Fsp3) is 0.0556. The van der Waals surface area contributed by atoms with Crippen LogP contribution in [0, 0.1) is 0 Å². The van der Waals surface area contributed by atoms with E-state index in [0.29, 0.717) is 0 Å². The second-order valence-corrected chi connectivity index (χ2v) is 11.4. The Morgan fingerprint density at radius 2 is 1.38 bits per heavy atom. The summed E-state index contributed by atoms with van der Waals surface area (Å²) >= 11 is 0. The second-order valence-electron chi connectivity index (χ2n) is 7.01. The largest absolute Gasteiger partial charge is 0.505 e. The number of nitrogens with two attached hydrogens (primary N) is 1. The molecule has 0 aliphatic rings. The van der Waals surface area contributed by atoms with Gasteiger partial charge in [-0.3, -0.25) is 13.9 Å². The third kappa shape index (κ3) is 8.01. The van der Waals surface area contributed by atoms with Gasteiger partial charge in [0, 0.05) is 71.4 Å². The number of sulfonamides is 1. The standard InChI is InChI=1S/C18H16N4O10S3.2Na/c1-9(23)20-14-8-13-10(6-15(14)34(27,28)29)7-16(35(30,31)32)17(18(13)24)22-21-11-2-4-12(5-3-11)33(19,25)26;;/h2-8,24H,1H3,(H,20,23)(H2,19,25,26)(H,27,28,29)(H,30,31,32);;. The molecule has 1 amide bonds. The maximum Gasteiger partial charge on any atom is 0.296 e. The van der Waals surface area contributed by atoms with Gasteiger partial charge in [-0.1, -0.05) is 0 Å². The van der Waals surface area contributed by atoms with Crippen molar-refractivity contribution in [3.63, 3.8) is 0 Å². The van der Waals surface area contributed by atoms with Crippen LogP contribution in [0.15, 0.2) is 67.4 Å². The first-order valence-corrected chi connectivity index (χ1v) is 13.5. The van der Waals surface area contributed by atoms with Crippen LogP contribution in [-0.4, -0.2) is 104 Å². The molecule has 188 valence electrons.